The topological polar surface area (TPSA) is 102 Å². The van der Waals surface area contributed by atoms with Crippen LogP contribution in [-0.4, -0.2) is 60.5 Å². The number of rotatable bonds is 11. The highest BCUT2D eigenvalue weighted by molar-refractivity contribution is 6.05. The lowest BCUT2D eigenvalue weighted by molar-refractivity contribution is 0.0519. The number of ketones is 1. The molecule has 2 heterocycles. The van der Waals surface area contributed by atoms with E-state index in [0.717, 1.165) is 0 Å². The first kappa shape index (κ1) is 22.4. The fourth-order valence-corrected chi connectivity index (χ4v) is 3.14. The summed E-state index contributed by atoms with van der Waals surface area (Å²) in [5.41, 5.74) is 1.74. The van der Waals surface area contributed by atoms with Gasteiger partial charge in [-0.25, -0.2) is 4.79 Å². The van der Waals surface area contributed by atoms with Crippen molar-refractivity contribution in [3.63, 3.8) is 0 Å². The first-order valence-corrected chi connectivity index (χ1v) is 9.70. The number of Topliss-reactive ketones (excluding diaryl/α,β-unsaturated/α-hetero) is 1. The summed E-state index contributed by atoms with van der Waals surface area (Å²) < 4.78 is 15.6. The van der Waals surface area contributed by atoms with Crippen LogP contribution in [0.25, 0.3) is 0 Å². The van der Waals surface area contributed by atoms with Crippen LogP contribution >= 0.6 is 0 Å². The van der Waals surface area contributed by atoms with Gasteiger partial charge in [-0.05, 0) is 51.8 Å². The van der Waals surface area contributed by atoms with Crippen molar-refractivity contribution >= 4 is 17.7 Å². The smallest absolute Gasteiger partial charge is 0.355 e. The van der Waals surface area contributed by atoms with Crippen molar-refractivity contribution in [1.82, 2.24) is 9.88 Å². The average molecular weight is 404 g/mol. The van der Waals surface area contributed by atoms with Gasteiger partial charge in [0.05, 0.1) is 19.4 Å². The molecule has 0 atom stereocenters. The van der Waals surface area contributed by atoms with Crippen molar-refractivity contribution in [2.75, 3.05) is 32.9 Å². The lowest BCUT2D eigenvalue weighted by atomic mass is 10.0. The van der Waals surface area contributed by atoms with Crippen LogP contribution in [0, 0.1) is 13.8 Å². The quantitative estimate of drug-likeness (QED) is 0.351. The van der Waals surface area contributed by atoms with Gasteiger partial charge in [-0.3, -0.25) is 9.59 Å². The summed E-state index contributed by atoms with van der Waals surface area (Å²) in [7, 11) is 0. The van der Waals surface area contributed by atoms with Crippen LogP contribution in [0.1, 0.15) is 62.9 Å². The number of hydrogen-bond donors (Lipinski definition) is 1. The Bertz CT molecular complexity index is 838. The second-order valence-electron chi connectivity index (χ2n) is 6.52. The molecule has 0 bridgehead atoms. The molecule has 0 aliphatic carbocycles. The van der Waals surface area contributed by atoms with Crippen molar-refractivity contribution in [2.45, 2.75) is 34.1 Å². The van der Waals surface area contributed by atoms with Gasteiger partial charge in [0.1, 0.15) is 5.69 Å². The zero-order valence-electron chi connectivity index (χ0n) is 17.4. The number of esters is 1. The van der Waals surface area contributed by atoms with Crippen LogP contribution in [0.15, 0.2) is 22.8 Å². The summed E-state index contributed by atoms with van der Waals surface area (Å²) in [6.45, 7) is 8.55. The number of nitrogens with one attached hydrogen (secondary N) is 1. The van der Waals surface area contributed by atoms with Crippen LogP contribution in [-0.2, 0) is 9.47 Å². The minimum Gasteiger partial charge on any atom is -0.461 e. The fourth-order valence-electron chi connectivity index (χ4n) is 3.14. The number of carbonyl (C=O) groups is 3. The van der Waals surface area contributed by atoms with Gasteiger partial charge in [-0.1, -0.05) is 0 Å². The summed E-state index contributed by atoms with van der Waals surface area (Å²) in [5, 5.41) is 0. The van der Waals surface area contributed by atoms with Gasteiger partial charge in [0.15, 0.2) is 11.5 Å². The van der Waals surface area contributed by atoms with Crippen LogP contribution in [0.4, 0.5) is 0 Å². The Balaban J connectivity index is 2.20. The zero-order chi connectivity index (χ0) is 21.4. The van der Waals surface area contributed by atoms with Crippen molar-refractivity contribution in [2.24, 2.45) is 0 Å². The third-order valence-corrected chi connectivity index (χ3v) is 4.47. The van der Waals surface area contributed by atoms with Gasteiger partial charge in [0.2, 0.25) is 0 Å². The molecule has 158 valence electrons. The van der Waals surface area contributed by atoms with E-state index < -0.39 is 5.97 Å². The molecule has 1 N–H and O–H groups in total. The Labute approximate surface area is 170 Å². The van der Waals surface area contributed by atoms with Crippen LogP contribution in [0.3, 0.4) is 0 Å². The van der Waals surface area contributed by atoms with Gasteiger partial charge >= 0.3 is 5.97 Å². The Hall–Kier alpha value is -2.87. The lowest BCUT2D eigenvalue weighted by Crippen LogP contribution is -2.37. The number of H-pyrrole nitrogens is 1. The van der Waals surface area contributed by atoms with Gasteiger partial charge in [-0.15, -0.1) is 0 Å². The van der Waals surface area contributed by atoms with Crippen LogP contribution in [0.2, 0.25) is 0 Å². The Morgan fingerprint density at radius 1 is 1.17 bits per heavy atom. The first-order valence-electron chi connectivity index (χ1n) is 9.70. The largest absolute Gasteiger partial charge is 0.461 e. The van der Waals surface area contributed by atoms with Crippen molar-refractivity contribution < 1.29 is 28.3 Å². The second kappa shape index (κ2) is 10.6. The van der Waals surface area contributed by atoms with Gasteiger partial charge in [0, 0.05) is 31.0 Å². The maximum absolute atomic E-state index is 13.0. The minimum atomic E-state index is -0.507. The van der Waals surface area contributed by atoms with E-state index in [4.69, 9.17) is 13.9 Å². The minimum absolute atomic E-state index is 0.131. The number of aromatic nitrogens is 1. The molecule has 0 fully saturated rings. The molecule has 0 unspecified atom stereocenters. The molecule has 0 spiro atoms. The number of hydrogen-bond acceptors (Lipinski definition) is 6. The first-order chi connectivity index (χ1) is 13.9. The van der Waals surface area contributed by atoms with E-state index >= 15 is 0 Å². The summed E-state index contributed by atoms with van der Waals surface area (Å²) in [6.07, 6.45) is 2.01. The molecule has 8 nitrogen and oxygen atoms in total. The molecule has 8 heteroatoms. The highest BCUT2D eigenvalue weighted by Crippen LogP contribution is 2.20. The second-order valence-corrected chi connectivity index (χ2v) is 6.52. The number of furan rings is 1. The molecule has 0 saturated carbocycles. The van der Waals surface area contributed by atoms with E-state index in [1.165, 1.54) is 11.2 Å². The van der Waals surface area contributed by atoms with Gasteiger partial charge < -0.3 is 23.8 Å². The van der Waals surface area contributed by atoms with Crippen molar-refractivity contribution in [3.05, 3.63) is 46.7 Å². The zero-order valence-corrected chi connectivity index (χ0v) is 17.4. The van der Waals surface area contributed by atoms with Gasteiger partial charge in [-0.2, -0.15) is 0 Å². The molecule has 0 aliphatic rings. The average Bonchev–Trinajstić information content (AvgIpc) is 3.32. The lowest BCUT2D eigenvalue weighted by Gasteiger charge is -2.21. The molecule has 2 aromatic rings. The third kappa shape index (κ3) is 5.57. The van der Waals surface area contributed by atoms with E-state index in [0.29, 0.717) is 43.0 Å². The molecule has 0 radical (unpaired) electrons. The predicted molar refractivity (Wildman–Crippen MR) is 106 cm³/mol. The predicted octanol–water partition coefficient (Wildman–Crippen LogP) is 3.15. The molecule has 0 saturated heterocycles. The molecule has 2 rings (SSSR count). The van der Waals surface area contributed by atoms with Crippen molar-refractivity contribution in [1.29, 1.82) is 0 Å². The van der Waals surface area contributed by atoms with E-state index in [9.17, 15) is 14.4 Å². The maximum atomic E-state index is 13.0. The molecular weight excluding hydrogens is 376 g/mol. The van der Waals surface area contributed by atoms with Crippen LogP contribution in [0.5, 0.6) is 0 Å². The normalized spacial score (nSPS) is 10.8. The molecule has 2 aromatic heterocycles. The third-order valence-electron chi connectivity index (χ3n) is 4.47. The summed E-state index contributed by atoms with van der Waals surface area (Å²) in [5.74, 6) is -0.962. The summed E-state index contributed by atoms with van der Waals surface area (Å²) >= 11 is 0. The van der Waals surface area contributed by atoms with E-state index in [2.05, 4.69) is 4.98 Å². The van der Waals surface area contributed by atoms with Gasteiger partial charge in [0.25, 0.3) is 5.91 Å². The molecule has 29 heavy (non-hydrogen) atoms. The standard InChI is InChI=1S/C21H28N2O6/c1-5-27-11-8-10-23(20(25)17-9-7-12-29-17)13-16(24)18-14(3)19(22-15(18)4)21(26)28-6-2/h7,9,12,22H,5-6,8,10-11,13H2,1-4H3. The molecular formula is C21H28N2O6. The summed E-state index contributed by atoms with van der Waals surface area (Å²) in [4.78, 5) is 42.2. The number of nitrogens with zero attached hydrogens (tertiary/aromatic N) is 1. The number of amides is 1. The molecule has 1 amide bonds. The number of carbonyl (C=O) groups excluding carboxylic acids is 3. The van der Waals surface area contributed by atoms with E-state index in [1.807, 2.05) is 6.92 Å². The fraction of sp³-hybridized carbons (Fsp3) is 0.476. The Morgan fingerprint density at radius 2 is 1.93 bits per heavy atom. The van der Waals surface area contributed by atoms with E-state index in [1.54, 1.807) is 32.9 Å². The Kier molecular flexibility index (Phi) is 8.21. The SMILES string of the molecule is CCOCCCN(CC(=O)c1c(C)[nH]c(C(=O)OCC)c1C)C(=O)c1ccco1. The number of aryl methyl sites for hydroxylation is 1. The van der Waals surface area contributed by atoms with Crippen LogP contribution < -0.4 is 0 Å². The maximum Gasteiger partial charge on any atom is 0.355 e. The molecule has 0 aliphatic heterocycles. The summed E-state index contributed by atoms with van der Waals surface area (Å²) in [6, 6.07) is 3.19. The van der Waals surface area contributed by atoms with E-state index in [-0.39, 0.29) is 36.3 Å². The highest BCUT2D eigenvalue weighted by Gasteiger charge is 2.26. The Morgan fingerprint density at radius 3 is 2.55 bits per heavy atom. The monoisotopic (exact) mass is 404 g/mol. The molecule has 0 aromatic carbocycles. The number of ether oxygens (including phenoxy) is 2. The highest BCUT2D eigenvalue weighted by atomic mass is 16.5. The number of aromatic amines is 1. The van der Waals surface area contributed by atoms with Crippen molar-refractivity contribution in [3.8, 4) is 0 Å².